The molecule has 3 aliphatic rings. The fraction of sp³-hybridized carbons (Fsp3) is 0.697. The molecule has 0 spiro atoms. The number of hydrogen-bond acceptors (Lipinski definition) is 8. The van der Waals surface area contributed by atoms with Crippen molar-refractivity contribution >= 4 is 23.3 Å². The van der Waals surface area contributed by atoms with Gasteiger partial charge < -0.3 is 26.2 Å². The van der Waals surface area contributed by atoms with Gasteiger partial charge in [-0.05, 0) is 45.6 Å². The van der Waals surface area contributed by atoms with Crippen molar-refractivity contribution in [2.45, 2.75) is 104 Å². The molecule has 6 N–H and O–H groups in total. The van der Waals surface area contributed by atoms with E-state index in [-0.39, 0.29) is 29.9 Å². The summed E-state index contributed by atoms with van der Waals surface area (Å²) >= 11 is 0. The van der Waals surface area contributed by atoms with Crippen molar-refractivity contribution < 1.29 is 39.6 Å². The van der Waals surface area contributed by atoms with Crippen molar-refractivity contribution in [3.63, 3.8) is 0 Å². The first-order valence-corrected chi connectivity index (χ1v) is 15.0. The van der Waals surface area contributed by atoms with Crippen LogP contribution < -0.4 is 5.73 Å². The molecule has 0 aliphatic heterocycles. The number of aliphatic hydroxyl groups is 3. The third-order valence-corrected chi connectivity index (χ3v) is 11.6. The molecule has 0 aromatic heterocycles. The molecule has 0 heterocycles. The second-order valence-electron chi connectivity index (χ2n) is 14.8. The van der Waals surface area contributed by atoms with Crippen molar-refractivity contribution in [1.29, 1.82) is 0 Å². The Morgan fingerprint density at radius 3 is 2.14 bits per heavy atom. The van der Waals surface area contributed by atoms with Gasteiger partial charge in [0, 0.05) is 18.3 Å². The lowest BCUT2D eigenvalue weighted by Crippen LogP contribution is -2.82. The van der Waals surface area contributed by atoms with Crippen molar-refractivity contribution in [3.05, 3.63) is 28.8 Å². The molecule has 1 aromatic rings. The standard InChI is InChI=1S/C33H47NO8/c1-10-16(35)13-19-31(8)15(4)17-11-12-18(30(5,6)7)24(36)20(17)25(37)23(31)28(40)33(42)27(39)21(29(34)41)26(38)22(14(2)3)32(19,33)9/h11-12,14-15,19,21-23,26,28,36,38,40,42H,10,13H2,1-9H3,(H2,34,41)/t15-,19-,21?,22+,23?,26?,28?,31-,32-,33+/m1/s1. The van der Waals surface area contributed by atoms with Gasteiger partial charge in [0.15, 0.2) is 17.2 Å². The number of aromatic hydroxyl groups is 1. The average Bonchev–Trinajstić information content (AvgIpc) is 2.86. The largest absolute Gasteiger partial charge is 0.507 e. The monoisotopic (exact) mass is 585 g/mol. The molecule has 2 saturated carbocycles. The van der Waals surface area contributed by atoms with Crippen LogP contribution in [0.15, 0.2) is 12.1 Å². The first kappa shape index (κ1) is 32.3. The van der Waals surface area contributed by atoms with Crippen molar-refractivity contribution in [1.82, 2.24) is 0 Å². The van der Waals surface area contributed by atoms with Gasteiger partial charge in [0.2, 0.25) is 5.91 Å². The number of nitrogens with two attached hydrogens (primary N) is 1. The Morgan fingerprint density at radius 2 is 1.67 bits per heavy atom. The smallest absolute Gasteiger partial charge is 0.230 e. The first-order chi connectivity index (χ1) is 19.2. The van der Waals surface area contributed by atoms with Crippen molar-refractivity contribution in [2.75, 3.05) is 0 Å². The van der Waals surface area contributed by atoms with Crippen molar-refractivity contribution in [2.24, 2.45) is 46.2 Å². The molecule has 0 saturated heterocycles. The van der Waals surface area contributed by atoms with E-state index >= 15 is 0 Å². The van der Waals surface area contributed by atoms with E-state index in [9.17, 15) is 39.6 Å². The maximum atomic E-state index is 14.6. The van der Waals surface area contributed by atoms with Gasteiger partial charge in [-0.1, -0.05) is 74.4 Å². The van der Waals surface area contributed by atoms with Gasteiger partial charge in [0.25, 0.3) is 0 Å². The molecule has 42 heavy (non-hydrogen) atoms. The fourth-order valence-electron chi connectivity index (χ4n) is 9.39. The van der Waals surface area contributed by atoms with E-state index in [4.69, 9.17) is 5.73 Å². The molecule has 2 fully saturated rings. The van der Waals surface area contributed by atoms with Gasteiger partial charge in [-0.3, -0.25) is 19.2 Å². The van der Waals surface area contributed by atoms with Crippen LogP contribution >= 0.6 is 0 Å². The number of benzene rings is 1. The maximum Gasteiger partial charge on any atom is 0.230 e. The lowest BCUT2D eigenvalue weighted by atomic mass is 9.33. The van der Waals surface area contributed by atoms with Crippen molar-refractivity contribution in [3.8, 4) is 5.75 Å². The van der Waals surface area contributed by atoms with E-state index in [2.05, 4.69) is 0 Å². The highest BCUT2D eigenvalue weighted by Crippen LogP contribution is 2.71. The third-order valence-electron chi connectivity index (χ3n) is 11.6. The summed E-state index contributed by atoms with van der Waals surface area (Å²) in [5.74, 6) is -9.30. The molecule has 4 rings (SSSR count). The first-order valence-electron chi connectivity index (χ1n) is 15.0. The number of carbonyl (C=O) groups is 4. The van der Waals surface area contributed by atoms with Crippen LogP contribution in [0.5, 0.6) is 5.75 Å². The van der Waals surface area contributed by atoms with Crippen LogP contribution in [0.2, 0.25) is 0 Å². The topological polar surface area (TPSA) is 175 Å². The Morgan fingerprint density at radius 1 is 1.10 bits per heavy atom. The summed E-state index contributed by atoms with van der Waals surface area (Å²) in [5, 5.41) is 47.8. The highest BCUT2D eigenvalue weighted by Gasteiger charge is 2.80. The number of carbonyl (C=O) groups excluding carboxylic acids is 4. The second-order valence-corrected chi connectivity index (χ2v) is 14.8. The number of hydrogen-bond donors (Lipinski definition) is 5. The predicted octanol–water partition coefficient (Wildman–Crippen LogP) is 3.03. The Bertz CT molecular complexity index is 1350. The number of phenolic OH excluding ortho intramolecular Hbond substituents is 1. The Hall–Kier alpha value is -2.62. The number of aliphatic hydroxyl groups excluding tert-OH is 2. The van der Waals surface area contributed by atoms with Crippen LogP contribution in [0.3, 0.4) is 0 Å². The molecule has 4 unspecified atom stereocenters. The minimum Gasteiger partial charge on any atom is -0.507 e. The number of ketones is 3. The second kappa shape index (κ2) is 9.96. The highest BCUT2D eigenvalue weighted by molar-refractivity contribution is 6.09. The molecule has 9 heteroatoms. The van der Waals surface area contributed by atoms with Gasteiger partial charge in [-0.25, -0.2) is 0 Å². The number of primary amides is 1. The summed E-state index contributed by atoms with van der Waals surface area (Å²) in [4.78, 5) is 54.6. The van der Waals surface area contributed by atoms with Crippen LogP contribution in [0.4, 0.5) is 0 Å². The fourth-order valence-corrected chi connectivity index (χ4v) is 9.39. The van der Waals surface area contributed by atoms with Gasteiger partial charge in [-0.2, -0.15) is 0 Å². The lowest BCUT2D eigenvalue weighted by molar-refractivity contribution is -0.292. The van der Waals surface area contributed by atoms with Gasteiger partial charge in [0.05, 0.1) is 17.6 Å². The predicted molar refractivity (Wildman–Crippen MR) is 156 cm³/mol. The molecule has 0 radical (unpaired) electrons. The van der Waals surface area contributed by atoms with Crippen LogP contribution in [0.1, 0.15) is 103 Å². The van der Waals surface area contributed by atoms with E-state index in [1.54, 1.807) is 46.8 Å². The van der Waals surface area contributed by atoms with Gasteiger partial charge >= 0.3 is 0 Å². The summed E-state index contributed by atoms with van der Waals surface area (Å²) in [6, 6.07) is 3.59. The zero-order chi connectivity index (χ0) is 32.1. The highest BCUT2D eigenvalue weighted by atomic mass is 16.4. The number of rotatable bonds is 5. The quantitative estimate of drug-likeness (QED) is 0.328. The average molecular weight is 586 g/mol. The third kappa shape index (κ3) is 3.85. The SMILES string of the molecule is CCC(=O)C[C@@H]1[C@]2(C)C(C(=O)c3c(ccc(C(C)(C)C)c3O)[C@H]2C)C(O)[C@@]2(O)C(=O)C(C(N)=O)C(O)[C@H](C(C)C)[C@@]12C. The molecular weight excluding hydrogens is 538 g/mol. The van der Waals surface area contributed by atoms with E-state index < -0.39 is 87.0 Å². The molecule has 232 valence electrons. The normalized spacial score (nSPS) is 39.9. The van der Waals surface area contributed by atoms with Gasteiger partial charge in [0.1, 0.15) is 23.6 Å². The number of amides is 1. The molecule has 9 nitrogen and oxygen atoms in total. The molecule has 0 bridgehead atoms. The molecule has 1 amide bonds. The summed E-state index contributed by atoms with van der Waals surface area (Å²) < 4.78 is 0. The minimum atomic E-state index is -2.70. The summed E-state index contributed by atoms with van der Waals surface area (Å²) in [6.07, 6.45) is -3.55. The van der Waals surface area contributed by atoms with Crippen LogP contribution in [0, 0.1) is 40.4 Å². The number of fused-ring (bicyclic) bond motifs is 3. The molecule has 10 atom stereocenters. The Kier molecular flexibility index (Phi) is 7.66. The van der Waals surface area contributed by atoms with E-state index in [0.29, 0.717) is 11.1 Å². The summed E-state index contributed by atoms with van der Waals surface area (Å²) in [5.41, 5.74) is 0.653. The zero-order valence-corrected chi connectivity index (χ0v) is 26.2. The van der Waals surface area contributed by atoms with Gasteiger partial charge in [-0.15, -0.1) is 0 Å². The summed E-state index contributed by atoms with van der Waals surface area (Å²) in [6.45, 7) is 16.2. The van der Waals surface area contributed by atoms with E-state index in [0.717, 1.165) is 0 Å². The van der Waals surface area contributed by atoms with E-state index in [1.165, 1.54) is 0 Å². The molecular formula is C33H47NO8. The van der Waals surface area contributed by atoms with Crippen LogP contribution in [-0.4, -0.2) is 61.5 Å². The molecule has 3 aliphatic carbocycles. The number of phenols is 1. The van der Waals surface area contributed by atoms with E-state index in [1.807, 2.05) is 27.7 Å². The Labute approximate surface area is 247 Å². The number of Topliss-reactive ketones (excluding diaryl/α,β-unsaturated/α-hetero) is 3. The minimum absolute atomic E-state index is 0.0272. The lowest BCUT2D eigenvalue weighted by Gasteiger charge is -2.71. The zero-order valence-electron chi connectivity index (χ0n) is 26.2. The van der Waals surface area contributed by atoms with Crippen LogP contribution in [-0.2, 0) is 19.8 Å². The summed E-state index contributed by atoms with van der Waals surface area (Å²) in [7, 11) is 0. The van der Waals surface area contributed by atoms with Crippen LogP contribution in [0.25, 0.3) is 0 Å². The maximum absolute atomic E-state index is 14.6. The Balaban J connectivity index is 2.13. The molecule has 1 aromatic carbocycles.